The molecule has 2 heteroatoms. The lowest BCUT2D eigenvalue weighted by molar-refractivity contribution is 0.240. The molecule has 0 spiro atoms. The van der Waals surface area contributed by atoms with Crippen LogP contribution in [0.25, 0.3) is 0 Å². The summed E-state index contributed by atoms with van der Waals surface area (Å²) in [5.41, 5.74) is 4.53. The standard InChI is InChI=1S/C16H24N2/c17-18-16(9-7-12-4-2-1-3-5-12)15-11-13-6-8-14(15)10-13/h1-5,13-16,18H,6-11,17H2. The van der Waals surface area contributed by atoms with E-state index in [1.807, 2.05) is 0 Å². The summed E-state index contributed by atoms with van der Waals surface area (Å²) >= 11 is 0. The monoisotopic (exact) mass is 244 g/mol. The molecule has 2 saturated carbocycles. The smallest absolute Gasteiger partial charge is 0.0244 e. The largest absolute Gasteiger partial charge is 0.271 e. The summed E-state index contributed by atoms with van der Waals surface area (Å²) in [6, 6.07) is 11.3. The van der Waals surface area contributed by atoms with E-state index in [1.165, 1.54) is 37.7 Å². The second-order valence-electron chi connectivity index (χ2n) is 6.14. The fourth-order valence-corrected chi connectivity index (χ4v) is 4.17. The van der Waals surface area contributed by atoms with Crippen LogP contribution in [-0.2, 0) is 6.42 Å². The van der Waals surface area contributed by atoms with E-state index in [0.29, 0.717) is 6.04 Å². The molecule has 2 aliphatic carbocycles. The maximum absolute atomic E-state index is 5.80. The van der Waals surface area contributed by atoms with Gasteiger partial charge >= 0.3 is 0 Å². The van der Waals surface area contributed by atoms with E-state index in [0.717, 1.165) is 24.2 Å². The molecule has 18 heavy (non-hydrogen) atoms. The van der Waals surface area contributed by atoms with E-state index in [-0.39, 0.29) is 0 Å². The highest BCUT2D eigenvalue weighted by Gasteiger charge is 2.42. The lowest BCUT2D eigenvalue weighted by Crippen LogP contribution is -2.43. The molecular formula is C16H24N2. The van der Waals surface area contributed by atoms with Gasteiger partial charge in [-0.3, -0.25) is 11.3 Å². The van der Waals surface area contributed by atoms with Crippen LogP contribution < -0.4 is 11.3 Å². The predicted molar refractivity (Wildman–Crippen MR) is 74.8 cm³/mol. The zero-order chi connectivity index (χ0) is 12.4. The molecule has 0 heterocycles. The molecule has 98 valence electrons. The average Bonchev–Trinajstić information content (AvgIpc) is 3.03. The van der Waals surface area contributed by atoms with Gasteiger partial charge in [0.15, 0.2) is 0 Å². The van der Waals surface area contributed by atoms with Gasteiger partial charge in [0.2, 0.25) is 0 Å². The number of fused-ring (bicyclic) bond motifs is 2. The van der Waals surface area contributed by atoms with Crippen molar-refractivity contribution in [3.8, 4) is 0 Å². The lowest BCUT2D eigenvalue weighted by atomic mass is 9.81. The SMILES string of the molecule is NNC(CCc1ccccc1)C1CC2CCC1C2. The Morgan fingerprint density at radius 2 is 2.00 bits per heavy atom. The molecule has 3 rings (SSSR count). The van der Waals surface area contributed by atoms with Gasteiger partial charge in [-0.15, -0.1) is 0 Å². The van der Waals surface area contributed by atoms with E-state index >= 15 is 0 Å². The zero-order valence-corrected chi connectivity index (χ0v) is 11.0. The Morgan fingerprint density at radius 1 is 1.17 bits per heavy atom. The number of benzene rings is 1. The molecule has 4 atom stereocenters. The van der Waals surface area contributed by atoms with Crippen LogP contribution in [0.15, 0.2) is 30.3 Å². The van der Waals surface area contributed by atoms with Crippen LogP contribution >= 0.6 is 0 Å². The first-order chi connectivity index (χ1) is 8.86. The van der Waals surface area contributed by atoms with E-state index in [1.54, 1.807) is 0 Å². The Morgan fingerprint density at radius 3 is 2.61 bits per heavy atom. The Balaban J connectivity index is 1.57. The van der Waals surface area contributed by atoms with Gasteiger partial charge < -0.3 is 0 Å². The third kappa shape index (κ3) is 2.45. The summed E-state index contributed by atoms with van der Waals surface area (Å²) in [5.74, 6) is 8.59. The molecule has 1 aromatic carbocycles. The Bertz CT molecular complexity index is 376. The maximum atomic E-state index is 5.80. The van der Waals surface area contributed by atoms with Gasteiger partial charge in [-0.1, -0.05) is 36.8 Å². The van der Waals surface area contributed by atoms with Crippen molar-refractivity contribution in [3.63, 3.8) is 0 Å². The van der Waals surface area contributed by atoms with Crippen LogP contribution in [0.4, 0.5) is 0 Å². The number of nitrogens with one attached hydrogen (secondary N) is 1. The molecule has 1 aromatic rings. The zero-order valence-electron chi connectivity index (χ0n) is 11.0. The van der Waals surface area contributed by atoms with Crippen molar-refractivity contribution in [2.24, 2.45) is 23.6 Å². The minimum absolute atomic E-state index is 0.514. The first-order valence-electron chi connectivity index (χ1n) is 7.37. The number of aryl methyl sites for hydroxylation is 1. The molecule has 0 amide bonds. The molecule has 2 aliphatic rings. The van der Waals surface area contributed by atoms with E-state index in [9.17, 15) is 0 Å². The quantitative estimate of drug-likeness (QED) is 0.617. The summed E-state index contributed by atoms with van der Waals surface area (Å²) in [7, 11) is 0. The molecule has 0 saturated heterocycles. The highest BCUT2D eigenvalue weighted by Crippen LogP contribution is 2.49. The van der Waals surface area contributed by atoms with Crippen LogP contribution in [-0.4, -0.2) is 6.04 Å². The van der Waals surface area contributed by atoms with Crippen molar-refractivity contribution in [1.82, 2.24) is 5.43 Å². The van der Waals surface area contributed by atoms with Crippen LogP contribution in [0.2, 0.25) is 0 Å². The first-order valence-corrected chi connectivity index (χ1v) is 7.37. The van der Waals surface area contributed by atoms with E-state index < -0.39 is 0 Å². The third-order valence-corrected chi connectivity index (χ3v) is 5.11. The summed E-state index contributed by atoms with van der Waals surface area (Å²) in [6.07, 6.45) is 8.11. The van der Waals surface area contributed by atoms with Gasteiger partial charge in [-0.25, -0.2) is 0 Å². The minimum atomic E-state index is 0.514. The summed E-state index contributed by atoms with van der Waals surface area (Å²) in [4.78, 5) is 0. The fourth-order valence-electron chi connectivity index (χ4n) is 4.17. The molecule has 0 aromatic heterocycles. The van der Waals surface area contributed by atoms with Crippen LogP contribution in [0.5, 0.6) is 0 Å². The molecule has 0 aliphatic heterocycles. The maximum Gasteiger partial charge on any atom is 0.0244 e. The summed E-state index contributed by atoms with van der Waals surface area (Å²) < 4.78 is 0. The van der Waals surface area contributed by atoms with Crippen molar-refractivity contribution < 1.29 is 0 Å². The fraction of sp³-hybridized carbons (Fsp3) is 0.625. The summed E-state index contributed by atoms with van der Waals surface area (Å²) in [6.45, 7) is 0. The Labute approximate surface area is 110 Å². The van der Waals surface area contributed by atoms with Crippen molar-refractivity contribution in [3.05, 3.63) is 35.9 Å². The number of nitrogens with two attached hydrogens (primary N) is 1. The summed E-state index contributed by atoms with van der Waals surface area (Å²) in [5, 5.41) is 0. The Kier molecular flexibility index (Phi) is 3.67. The van der Waals surface area contributed by atoms with Gasteiger partial charge in [0.25, 0.3) is 0 Å². The van der Waals surface area contributed by atoms with Gasteiger partial charge in [-0.2, -0.15) is 0 Å². The van der Waals surface area contributed by atoms with Crippen LogP contribution in [0.3, 0.4) is 0 Å². The van der Waals surface area contributed by atoms with Gasteiger partial charge in [0, 0.05) is 6.04 Å². The molecule has 2 bridgehead atoms. The first kappa shape index (κ1) is 12.2. The van der Waals surface area contributed by atoms with E-state index in [4.69, 9.17) is 5.84 Å². The molecule has 2 fully saturated rings. The van der Waals surface area contributed by atoms with Crippen LogP contribution in [0.1, 0.15) is 37.7 Å². The van der Waals surface area contributed by atoms with Crippen LogP contribution in [0, 0.1) is 17.8 Å². The van der Waals surface area contributed by atoms with Gasteiger partial charge in [0.1, 0.15) is 0 Å². The second kappa shape index (κ2) is 5.41. The highest BCUT2D eigenvalue weighted by molar-refractivity contribution is 5.15. The van der Waals surface area contributed by atoms with Gasteiger partial charge in [0.05, 0.1) is 0 Å². The highest BCUT2D eigenvalue weighted by atomic mass is 15.2. The third-order valence-electron chi connectivity index (χ3n) is 5.11. The van der Waals surface area contributed by atoms with Gasteiger partial charge in [-0.05, 0) is 55.4 Å². The van der Waals surface area contributed by atoms with Crippen molar-refractivity contribution in [2.45, 2.75) is 44.6 Å². The second-order valence-corrected chi connectivity index (χ2v) is 6.14. The molecule has 2 nitrogen and oxygen atoms in total. The average molecular weight is 244 g/mol. The molecule has 3 N–H and O–H groups in total. The van der Waals surface area contributed by atoms with E-state index in [2.05, 4.69) is 35.8 Å². The Hall–Kier alpha value is -0.860. The normalized spacial score (nSPS) is 31.7. The molecule has 4 unspecified atom stereocenters. The predicted octanol–water partition coefficient (Wildman–Crippen LogP) is 2.89. The molecular weight excluding hydrogens is 220 g/mol. The van der Waals surface area contributed by atoms with Crippen molar-refractivity contribution in [1.29, 1.82) is 0 Å². The van der Waals surface area contributed by atoms with Crippen molar-refractivity contribution in [2.75, 3.05) is 0 Å². The topological polar surface area (TPSA) is 38.0 Å². The van der Waals surface area contributed by atoms with Crippen molar-refractivity contribution >= 4 is 0 Å². The molecule has 0 radical (unpaired) electrons. The number of hydrogen-bond donors (Lipinski definition) is 2. The lowest BCUT2D eigenvalue weighted by Gasteiger charge is -2.30. The number of hydrogen-bond acceptors (Lipinski definition) is 2. The minimum Gasteiger partial charge on any atom is -0.271 e. The number of hydrazine groups is 1. The number of rotatable bonds is 5.